The van der Waals surface area contributed by atoms with Crippen molar-refractivity contribution < 1.29 is 24.1 Å². The van der Waals surface area contributed by atoms with Crippen LogP contribution in [0.15, 0.2) is 48.5 Å². The van der Waals surface area contributed by atoms with E-state index in [0.717, 1.165) is 30.8 Å². The molecule has 1 aliphatic heterocycles. The molecule has 0 spiro atoms. The van der Waals surface area contributed by atoms with E-state index in [1.54, 1.807) is 12.1 Å². The number of benzene rings is 2. The van der Waals surface area contributed by atoms with Crippen LogP contribution in [0.5, 0.6) is 11.5 Å². The Kier molecular flexibility index (Phi) is 6.66. The number of hydrogen-bond acceptors (Lipinski definition) is 5. The Hall–Kier alpha value is -2.15. The van der Waals surface area contributed by atoms with Crippen molar-refractivity contribution in [1.29, 1.82) is 0 Å². The fraction of sp³-hybridized carbons (Fsp3) is 0.429. The minimum Gasteiger partial charge on any atom is -0.491 e. The first-order valence-corrected chi connectivity index (χ1v) is 9.22. The first kappa shape index (κ1) is 19.6. The Bertz CT molecular complexity index is 707. The van der Waals surface area contributed by atoms with Gasteiger partial charge in [-0.1, -0.05) is 12.1 Å². The number of likely N-dealkylation sites (tertiary alicyclic amines) is 1. The lowest BCUT2D eigenvalue weighted by atomic mass is 9.93. The summed E-state index contributed by atoms with van der Waals surface area (Å²) in [6.45, 7) is 2.64. The van der Waals surface area contributed by atoms with Gasteiger partial charge >= 0.3 is 0 Å². The molecule has 1 saturated heterocycles. The maximum atomic E-state index is 13.0. The van der Waals surface area contributed by atoms with Gasteiger partial charge in [0.2, 0.25) is 0 Å². The van der Waals surface area contributed by atoms with Gasteiger partial charge in [-0.25, -0.2) is 4.39 Å². The smallest absolute Gasteiger partial charge is 0.123 e. The predicted octanol–water partition coefficient (Wildman–Crippen LogP) is 2.60. The highest BCUT2D eigenvalue weighted by molar-refractivity contribution is 5.27. The van der Waals surface area contributed by atoms with Crippen LogP contribution in [0, 0.1) is 5.82 Å². The normalized spacial score (nSPS) is 20.4. The monoisotopic (exact) mass is 375 g/mol. The molecule has 0 radical (unpaired) electrons. The van der Waals surface area contributed by atoms with Crippen molar-refractivity contribution in [2.75, 3.05) is 32.9 Å². The van der Waals surface area contributed by atoms with Gasteiger partial charge in [-0.05, 0) is 61.3 Å². The minimum absolute atomic E-state index is 0.00585. The molecule has 0 aliphatic carbocycles. The maximum Gasteiger partial charge on any atom is 0.123 e. The number of piperidine rings is 1. The molecule has 146 valence electrons. The van der Waals surface area contributed by atoms with Crippen molar-refractivity contribution in [3.8, 4) is 11.5 Å². The number of hydrogen-bond donors (Lipinski definition) is 2. The van der Waals surface area contributed by atoms with Crippen LogP contribution in [0.2, 0.25) is 0 Å². The van der Waals surface area contributed by atoms with Gasteiger partial charge in [0.1, 0.15) is 36.1 Å². The van der Waals surface area contributed by atoms with E-state index in [1.807, 2.05) is 24.3 Å². The van der Waals surface area contributed by atoms with Crippen molar-refractivity contribution in [2.45, 2.75) is 25.0 Å². The van der Waals surface area contributed by atoms with Gasteiger partial charge in [0.15, 0.2) is 0 Å². The van der Waals surface area contributed by atoms with Gasteiger partial charge in [0, 0.05) is 13.1 Å². The number of ether oxygens (including phenoxy) is 2. The van der Waals surface area contributed by atoms with Gasteiger partial charge in [-0.3, -0.25) is 4.90 Å². The number of aliphatic hydroxyl groups excluding tert-OH is 1. The molecule has 0 saturated carbocycles. The van der Waals surface area contributed by atoms with Crippen molar-refractivity contribution >= 4 is 0 Å². The summed E-state index contributed by atoms with van der Waals surface area (Å²) in [4.78, 5) is 2.21. The SMILES string of the molecule is OCCOc1ccc(CN2CCCC(O)(COc3ccc(F)cc3)C2)cc1. The van der Waals surface area contributed by atoms with Gasteiger partial charge in [0.25, 0.3) is 0 Å². The van der Waals surface area contributed by atoms with Gasteiger partial charge < -0.3 is 19.7 Å². The second-order valence-electron chi connectivity index (χ2n) is 7.00. The first-order chi connectivity index (χ1) is 13.1. The summed E-state index contributed by atoms with van der Waals surface area (Å²) in [5.74, 6) is 0.980. The minimum atomic E-state index is -0.920. The zero-order chi connectivity index (χ0) is 19.1. The van der Waals surface area contributed by atoms with Crippen LogP contribution in [0.1, 0.15) is 18.4 Å². The molecule has 1 fully saturated rings. The molecule has 2 aromatic carbocycles. The van der Waals surface area contributed by atoms with E-state index < -0.39 is 5.60 Å². The van der Waals surface area contributed by atoms with Crippen LogP contribution >= 0.6 is 0 Å². The van der Waals surface area contributed by atoms with E-state index in [4.69, 9.17) is 14.6 Å². The Balaban J connectivity index is 1.52. The molecule has 0 aromatic heterocycles. The van der Waals surface area contributed by atoms with E-state index in [9.17, 15) is 9.50 Å². The molecule has 0 amide bonds. The van der Waals surface area contributed by atoms with Crippen molar-refractivity contribution in [3.05, 3.63) is 59.9 Å². The van der Waals surface area contributed by atoms with Gasteiger partial charge in [-0.2, -0.15) is 0 Å². The first-order valence-electron chi connectivity index (χ1n) is 9.22. The van der Waals surface area contributed by atoms with Crippen LogP contribution in [-0.2, 0) is 6.54 Å². The fourth-order valence-corrected chi connectivity index (χ4v) is 3.32. The van der Waals surface area contributed by atoms with Crippen LogP contribution in [-0.4, -0.2) is 53.6 Å². The highest BCUT2D eigenvalue weighted by Gasteiger charge is 2.34. The lowest BCUT2D eigenvalue weighted by molar-refractivity contribution is -0.0621. The zero-order valence-electron chi connectivity index (χ0n) is 15.3. The summed E-state index contributed by atoms with van der Waals surface area (Å²) in [7, 11) is 0. The number of aliphatic hydroxyl groups is 2. The Morgan fingerprint density at radius 3 is 2.37 bits per heavy atom. The summed E-state index contributed by atoms with van der Waals surface area (Å²) in [6.07, 6.45) is 1.57. The molecule has 0 bridgehead atoms. The molecule has 1 unspecified atom stereocenters. The van der Waals surface area contributed by atoms with Crippen molar-refractivity contribution in [1.82, 2.24) is 4.90 Å². The molecule has 2 N–H and O–H groups in total. The maximum absolute atomic E-state index is 13.0. The highest BCUT2D eigenvalue weighted by atomic mass is 19.1. The Morgan fingerprint density at radius 2 is 1.67 bits per heavy atom. The van der Waals surface area contributed by atoms with E-state index in [1.165, 1.54) is 12.1 Å². The highest BCUT2D eigenvalue weighted by Crippen LogP contribution is 2.25. The molecule has 2 aromatic rings. The zero-order valence-corrected chi connectivity index (χ0v) is 15.3. The Labute approximate surface area is 159 Å². The molecule has 6 heteroatoms. The summed E-state index contributed by atoms with van der Waals surface area (Å²) in [5, 5.41) is 19.7. The average Bonchev–Trinajstić information content (AvgIpc) is 2.67. The number of halogens is 1. The Morgan fingerprint density at radius 1 is 1.00 bits per heavy atom. The van der Waals surface area contributed by atoms with Gasteiger partial charge in [-0.15, -0.1) is 0 Å². The molecular formula is C21H26FNO4. The summed E-state index contributed by atoms with van der Waals surface area (Å²) in [6, 6.07) is 13.6. The number of β-amino-alcohol motifs (C(OH)–C–C–N with tert-alkyl or cyclic N) is 1. The van der Waals surface area contributed by atoms with Crippen LogP contribution < -0.4 is 9.47 Å². The fourth-order valence-electron chi connectivity index (χ4n) is 3.32. The standard InChI is InChI=1S/C21H26FNO4/c22-18-4-8-20(9-5-18)27-16-21(25)10-1-11-23(15-21)14-17-2-6-19(7-3-17)26-13-12-24/h2-9,24-25H,1,10-16H2. The molecule has 27 heavy (non-hydrogen) atoms. The molecule has 1 atom stereocenters. The second-order valence-corrected chi connectivity index (χ2v) is 7.00. The lowest BCUT2D eigenvalue weighted by Crippen LogP contribution is -2.51. The topological polar surface area (TPSA) is 62.2 Å². The predicted molar refractivity (Wildman–Crippen MR) is 100 cm³/mol. The number of rotatable bonds is 8. The lowest BCUT2D eigenvalue weighted by Gasteiger charge is -2.39. The van der Waals surface area contributed by atoms with Crippen LogP contribution in [0.25, 0.3) is 0 Å². The summed E-state index contributed by atoms with van der Waals surface area (Å²) < 4.78 is 24.0. The second kappa shape index (κ2) is 9.17. The summed E-state index contributed by atoms with van der Waals surface area (Å²) >= 11 is 0. The van der Waals surface area contributed by atoms with E-state index in [2.05, 4.69) is 4.90 Å². The third-order valence-corrected chi connectivity index (χ3v) is 4.65. The van der Waals surface area contributed by atoms with Crippen LogP contribution in [0.4, 0.5) is 4.39 Å². The van der Waals surface area contributed by atoms with E-state index >= 15 is 0 Å². The number of nitrogens with zero attached hydrogens (tertiary/aromatic N) is 1. The van der Waals surface area contributed by atoms with Gasteiger partial charge in [0.05, 0.1) is 6.61 Å². The van der Waals surface area contributed by atoms with Crippen molar-refractivity contribution in [2.24, 2.45) is 0 Å². The molecular weight excluding hydrogens is 349 g/mol. The van der Waals surface area contributed by atoms with Crippen LogP contribution in [0.3, 0.4) is 0 Å². The van der Waals surface area contributed by atoms with E-state index in [-0.39, 0.29) is 25.6 Å². The molecule has 3 rings (SSSR count). The molecule has 1 heterocycles. The average molecular weight is 375 g/mol. The quantitative estimate of drug-likeness (QED) is 0.743. The van der Waals surface area contributed by atoms with E-state index in [0.29, 0.717) is 18.7 Å². The summed E-state index contributed by atoms with van der Waals surface area (Å²) in [5.41, 5.74) is 0.214. The molecule has 1 aliphatic rings. The third-order valence-electron chi connectivity index (χ3n) is 4.65. The van der Waals surface area contributed by atoms with Crippen molar-refractivity contribution in [3.63, 3.8) is 0 Å². The largest absolute Gasteiger partial charge is 0.491 e. The molecule has 5 nitrogen and oxygen atoms in total. The third kappa shape index (κ3) is 5.92.